The Hall–Kier alpha value is -2.47. The molecule has 1 aromatic carbocycles. The van der Waals surface area contributed by atoms with Gasteiger partial charge in [-0.2, -0.15) is 0 Å². The summed E-state index contributed by atoms with van der Waals surface area (Å²) in [5, 5.41) is 0.879. The molecular weight excluding hydrogens is 310 g/mol. The van der Waals surface area contributed by atoms with Gasteiger partial charge >= 0.3 is 0 Å². The number of ether oxygens (including phenoxy) is 2. The molecule has 118 valence electrons. The predicted octanol–water partition coefficient (Wildman–Crippen LogP) is 3.69. The maximum atomic E-state index is 5.37. The second-order valence-corrected chi connectivity index (χ2v) is 5.74. The van der Waals surface area contributed by atoms with Crippen molar-refractivity contribution in [3.05, 3.63) is 49.3 Å². The summed E-state index contributed by atoms with van der Waals surface area (Å²) in [4.78, 5) is 9.13. The lowest BCUT2D eigenvalue weighted by Gasteiger charge is -2.11. The van der Waals surface area contributed by atoms with Crippen LogP contribution in [0.2, 0.25) is 0 Å². The van der Waals surface area contributed by atoms with Gasteiger partial charge in [0, 0.05) is 29.8 Å². The summed E-state index contributed by atoms with van der Waals surface area (Å²) in [6, 6.07) is 7.72. The lowest BCUT2D eigenvalue weighted by Crippen LogP contribution is -1.97. The van der Waals surface area contributed by atoms with Crippen molar-refractivity contribution in [3.63, 3.8) is 0 Å². The van der Waals surface area contributed by atoms with Crippen molar-refractivity contribution in [2.24, 2.45) is 0 Å². The molecule has 3 aromatic rings. The predicted molar refractivity (Wildman–Crippen MR) is 92.4 cm³/mol. The van der Waals surface area contributed by atoms with E-state index in [9.17, 15) is 0 Å². The molecule has 6 heteroatoms. The number of nitrogens with zero attached hydrogens (tertiary/aromatic N) is 3. The number of imidazole rings is 1. The van der Waals surface area contributed by atoms with E-state index in [-0.39, 0.29) is 0 Å². The minimum Gasteiger partial charge on any atom is -0.493 e. The normalized spacial score (nSPS) is 10.7. The van der Waals surface area contributed by atoms with Gasteiger partial charge in [-0.05, 0) is 18.2 Å². The van der Waals surface area contributed by atoms with Crippen LogP contribution in [-0.4, -0.2) is 34.3 Å². The van der Waals surface area contributed by atoms with Crippen LogP contribution in [0.15, 0.2) is 54.5 Å². The number of hydrogen-bond donors (Lipinski definition) is 0. The van der Waals surface area contributed by atoms with Gasteiger partial charge in [0.05, 0.1) is 19.9 Å². The molecule has 0 bridgehead atoms. The molecule has 0 amide bonds. The summed E-state index contributed by atoms with van der Waals surface area (Å²) in [6.07, 6.45) is 5.54. The second kappa shape index (κ2) is 6.75. The fourth-order valence-electron chi connectivity index (χ4n) is 2.27. The first-order valence-electron chi connectivity index (χ1n) is 7.07. The quantitative estimate of drug-likeness (QED) is 0.392. The van der Waals surface area contributed by atoms with Gasteiger partial charge in [0.1, 0.15) is 5.65 Å². The van der Waals surface area contributed by atoms with Gasteiger partial charge in [-0.3, -0.25) is 4.40 Å². The molecule has 0 aliphatic rings. The van der Waals surface area contributed by atoms with Crippen molar-refractivity contribution in [1.29, 1.82) is 0 Å². The Morgan fingerprint density at radius 3 is 2.78 bits per heavy atom. The lowest BCUT2D eigenvalue weighted by molar-refractivity contribution is 0.355. The minimum absolute atomic E-state index is 0.676. The van der Waals surface area contributed by atoms with Gasteiger partial charge in [0.2, 0.25) is 0 Å². The topological polar surface area (TPSA) is 48.7 Å². The molecule has 2 aromatic heterocycles. The lowest BCUT2D eigenvalue weighted by atomic mass is 10.1. The van der Waals surface area contributed by atoms with Gasteiger partial charge in [-0.15, -0.1) is 6.58 Å². The van der Waals surface area contributed by atoms with E-state index in [1.807, 2.05) is 40.9 Å². The summed E-state index contributed by atoms with van der Waals surface area (Å²) < 4.78 is 12.6. The van der Waals surface area contributed by atoms with E-state index in [1.165, 1.54) is 0 Å². The van der Waals surface area contributed by atoms with Gasteiger partial charge in [0.15, 0.2) is 16.7 Å². The zero-order valence-electron chi connectivity index (χ0n) is 13.0. The number of hydrogen-bond acceptors (Lipinski definition) is 5. The number of aromatic nitrogens is 3. The maximum Gasteiger partial charge on any atom is 0.174 e. The molecule has 0 aliphatic heterocycles. The van der Waals surface area contributed by atoms with E-state index < -0.39 is 0 Å². The molecule has 5 nitrogen and oxygen atoms in total. The number of fused-ring (bicyclic) bond motifs is 1. The third kappa shape index (κ3) is 3.03. The molecule has 0 atom stereocenters. The highest BCUT2D eigenvalue weighted by Crippen LogP contribution is 2.32. The molecule has 23 heavy (non-hydrogen) atoms. The molecule has 3 rings (SSSR count). The first-order valence-corrected chi connectivity index (χ1v) is 8.05. The molecular formula is C17H17N3O2S. The van der Waals surface area contributed by atoms with E-state index in [4.69, 9.17) is 14.5 Å². The van der Waals surface area contributed by atoms with Crippen LogP contribution in [0.5, 0.6) is 11.5 Å². The summed E-state index contributed by atoms with van der Waals surface area (Å²) in [5.41, 5.74) is 2.65. The molecule has 0 unspecified atom stereocenters. The van der Waals surface area contributed by atoms with Crippen LogP contribution >= 0.6 is 11.8 Å². The first kappa shape index (κ1) is 15.4. The van der Waals surface area contributed by atoms with Crippen LogP contribution in [0.25, 0.3) is 16.9 Å². The Morgan fingerprint density at radius 2 is 2.04 bits per heavy atom. The third-order valence-electron chi connectivity index (χ3n) is 3.37. The Kier molecular flexibility index (Phi) is 4.52. The Morgan fingerprint density at radius 1 is 1.22 bits per heavy atom. The zero-order chi connectivity index (χ0) is 16.2. The van der Waals surface area contributed by atoms with E-state index in [0.29, 0.717) is 11.5 Å². The summed E-state index contributed by atoms with van der Waals surface area (Å²) in [6.45, 7) is 3.76. The smallest absolute Gasteiger partial charge is 0.174 e. The van der Waals surface area contributed by atoms with Crippen LogP contribution in [-0.2, 0) is 0 Å². The van der Waals surface area contributed by atoms with Gasteiger partial charge in [-0.25, -0.2) is 9.97 Å². The average molecular weight is 327 g/mol. The van der Waals surface area contributed by atoms with Gasteiger partial charge in [-0.1, -0.05) is 17.8 Å². The Bertz CT molecular complexity index is 845. The molecule has 0 N–H and O–H groups in total. The van der Waals surface area contributed by atoms with Gasteiger partial charge < -0.3 is 9.47 Å². The summed E-state index contributed by atoms with van der Waals surface area (Å²) in [7, 11) is 3.24. The Labute approximate surface area is 139 Å². The molecule has 0 radical (unpaired) electrons. The van der Waals surface area contributed by atoms with Crippen molar-refractivity contribution in [2.45, 2.75) is 5.16 Å². The van der Waals surface area contributed by atoms with Crippen LogP contribution in [0.1, 0.15) is 0 Å². The highest BCUT2D eigenvalue weighted by Gasteiger charge is 2.11. The SMILES string of the molecule is C=CCSc1nc(-c2ccc(OC)c(OC)c2)cc2nccn12. The monoisotopic (exact) mass is 327 g/mol. The van der Waals surface area contributed by atoms with E-state index >= 15 is 0 Å². The fourth-order valence-corrected chi connectivity index (χ4v) is 3.00. The van der Waals surface area contributed by atoms with Crippen molar-refractivity contribution >= 4 is 17.4 Å². The van der Waals surface area contributed by atoms with E-state index in [2.05, 4.69) is 11.6 Å². The van der Waals surface area contributed by atoms with Crippen LogP contribution in [0.4, 0.5) is 0 Å². The van der Waals surface area contributed by atoms with E-state index in [1.54, 1.807) is 32.2 Å². The number of benzene rings is 1. The molecule has 0 saturated carbocycles. The van der Waals surface area contributed by atoms with Crippen molar-refractivity contribution in [2.75, 3.05) is 20.0 Å². The number of methoxy groups -OCH3 is 2. The minimum atomic E-state index is 0.676. The van der Waals surface area contributed by atoms with E-state index in [0.717, 1.165) is 27.8 Å². The molecule has 0 fully saturated rings. The first-order chi connectivity index (χ1) is 11.3. The Balaban J connectivity index is 2.10. The number of thioether (sulfide) groups is 1. The maximum absolute atomic E-state index is 5.37. The molecule has 0 saturated heterocycles. The van der Waals surface area contributed by atoms with Crippen LogP contribution in [0.3, 0.4) is 0 Å². The van der Waals surface area contributed by atoms with Gasteiger partial charge in [0.25, 0.3) is 0 Å². The van der Waals surface area contributed by atoms with Crippen LogP contribution in [0, 0.1) is 0 Å². The summed E-state index contributed by atoms with van der Waals surface area (Å²) >= 11 is 1.62. The highest BCUT2D eigenvalue weighted by atomic mass is 32.2. The van der Waals surface area contributed by atoms with Crippen molar-refractivity contribution in [3.8, 4) is 22.8 Å². The average Bonchev–Trinajstić information content (AvgIpc) is 3.07. The molecule has 0 spiro atoms. The molecule has 0 aliphatic carbocycles. The number of rotatable bonds is 6. The summed E-state index contributed by atoms with van der Waals surface area (Å²) in [5.74, 6) is 2.16. The zero-order valence-corrected chi connectivity index (χ0v) is 13.8. The second-order valence-electron chi connectivity index (χ2n) is 4.75. The third-order valence-corrected chi connectivity index (χ3v) is 4.32. The largest absolute Gasteiger partial charge is 0.493 e. The molecule has 2 heterocycles. The highest BCUT2D eigenvalue weighted by molar-refractivity contribution is 7.99. The van der Waals surface area contributed by atoms with Crippen molar-refractivity contribution in [1.82, 2.24) is 14.4 Å². The fraction of sp³-hybridized carbons (Fsp3) is 0.176. The van der Waals surface area contributed by atoms with Crippen LogP contribution < -0.4 is 9.47 Å². The standard InChI is InChI=1S/C17H17N3O2S/c1-4-9-23-17-19-13(11-16-18-7-8-20(16)17)12-5-6-14(21-2)15(10-12)22-3/h4-8,10-11H,1,9H2,2-3H3. The van der Waals surface area contributed by atoms with Crippen molar-refractivity contribution < 1.29 is 9.47 Å².